The lowest BCUT2D eigenvalue weighted by atomic mass is 9.90. The molecule has 5 rings (SSSR count). The summed E-state index contributed by atoms with van der Waals surface area (Å²) in [5.74, 6) is -0.403. The Bertz CT molecular complexity index is 1080. The fraction of sp³-hybridized carbons (Fsp3) is 0.190. The van der Waals surface area contributed by atoms with E-state index in [9.17, 15) is 14.4 Å². The third-order valence-electron chi connectivity index (χ3n) is 5.58. The van der Waals surface area contributed by atoms with Crippen molar-refractivity contribution >= 4 is 34.8 Å². The quantitative estimate of drug-likeness (QED) is 0.557. The lowest BCUT2D eigenvalue weighted by Crippen LogP contribution is -2.43. The Balaban J connectivity index is 1.52. The van der Waals surface area contributed by atoms with Gasteiger partial charge < -0.3 is 10.3 Å². The average molecular weight is 359 g/mol. The number of H-pyrrole nitrogens is 1. The summed E-state index contributed by atoms with van der Waals surface area (Å²) in [4.78, 5) is 41.2. The molecule has 2 heterocycles. The van der Waals surface area contributed by atoms with Crippen molar-refractivity contribution in [3.63, 3.8) is 0 Å². The molecule has 3 aromatic rings. The summed E-state index contributed by atoms with van der Waals surface area (Å²) in [6.45, 7) is 0. The number of aromatic amines is 1. The molecule has 6 nitrogen and oxygen atoms in total. The van der Waals surface area contributed by atoms with Crippen LogP contribution in [0.4, 0.5) is 5.69 Å². The molecule has 2 aromatic carbocycles. The van der Waals surface area contributed by atoms with Gasteiger partial charge in [-0.2, -0.15) is 0 Å². The van der Waals surface area contributed by atoms with Crippen LogP contribution < -0.4 is 5.32 Å². The molecule has 27 heavy (non-hydrogen) atoms. The molecule has 6 heteroatoms. The van der Waals surface area contributed by atoms with E-state index in [1.807, 2.05) is 18.2 Å². The zero-order chi connectivity index (χ0) is 18.5. The molecule has 1 aliphatic carbocycles. The number of aromatic nitrogens is 1. The number of rotatable bonds is 3. The highest BCUT2D eigenvalue weighted by molar-refractivity contribution is 6.21. The lowest BCUT2D eigenvalue weighted by Gasteiger charge is -2.29. The van der Waals surface area contributed by atoms with Crippen molar-refractivity contribution in [2.24, 2.45) is 0 Å². The Morgan fingerprint density at radius 2 is 1.81 bits per heavy atom. The van der Waals surface area contributed by atoms with Gasteiger partial charge in [0, 0.05) is 28.3 Å². The van der Waals surface area contributed by atoms with Crippen LogP contribution in [-0.2, 0) is 17.6 Å². The van der Waals surface area contributed by atoms with Gasteiger partial charge in [-0.25, -0.2) is 0 Å². The van der Waals surface area contributed by atoms with Gasteiger partial charge in [0.25, 0.3) is 11.8 Å². The number of nitrogens with one attached hydrogen (secondary N) is 2. The van der Waals surface area contributed by atoms with Crippen LogP contribution >= 0.6 is 0 Å². The van der Waals surface area contributed by atoms with Gasteiger partial charge in [0.05, 0.1) is 11.1 Å². The van der Waals surface area contributed by atoms with E-state index < -0.39 is 0 Å². The SMILES string of the molecule is O=CNc1ccc2[nH]c3c(c2c1)CC(N1C(=O)c2ccccc2C1=O)CC3. The first-order valence-electron chi connectivity index (χ1n) is 8.98. The van der Waals surface area contributed by atoms with E-state index in [0.29, 0.717) is 24.0 Å². The molecule has 1 unspecified atom stereocenters. The Morgan fingerprint density at radius 1 is 1.07 bits per heavy atom. The number of fused-ring (bicyclic) bond motifs is 4. The molecule has 2 N–H and O–H groups in total. The molecular weight excluding hydrogens is 342 g/mol. The van der Waals surface area contributed by atoms with Gasteiger partial charge >= 0.3 is 0 Å². The van der Waals surface area contributed by atoms with Crippen LogP contribution in [0.3, 0.4) is 0 Å². The molecule has 1 aliphatic heterocycles. The lowest BCUT2D eigenvalue weighted by molar-refractivity contribution is -0.105. The molecular formula is C21H17N3O3. The molecule has 0 saturated carbocycles. The number of hydrogen-bond donors (Lipinski definition) is 2. The second-order valence-corrected chi connectivity index (χ2v) is 7.03. The Hall–Kier alpha value is -3.41. The smallest absolute Gasteiger partial charge is 0.261 e. The monoisotopic (exact) mass is 359 g/mol. The van der Waals surface area contributed by atoms with Gasteiger partial charge in [-0.3, -0.25) is 19.3 Å². The maximum atomic E-state index is 12.8. The largest absolute Gasteiger partial charge is 0.358 e. The summed E-state index contributed by atoms with van der Waals surface area (Å²) < 4.78 is 0. The predicted octanol–water partition coefficient (Wildman–Crippen LogP) is 2.89. The number of carbonyl (C=O) groups excluding carboxylic acids is 3. The molecule has 0 radical (unpaired) electrons. The van der Waals surface area contributed by atoms with Crippen molar-refractivity contribution in [3.8, 4) is 0 Å². The molecule has 1 aromatic heterocycles. The second-order valence-electron chi connectivity index (χ2n) is 7.03. The van der Waals surface area contributed by atoms with E-state index in [0.717, 1.165) is 40.7 Å². The van der Waals surface area contributed by atoms with Gasteiger partial charge in [-0.15, -0.1) is 0 Å². The van der Waals surface area contributed by atoms with Crippen LogP contribution in [0.2, 0.25) is 0 Å². The first-order chi connectivity index (χ1) is 13.2. The number of benzene rings is 2. The van der Waals surface area contributed by atoms with E-state index in [-0.39, 0.29) is 17.9 Å². The van der Waals surface area contributed by atoms with E-state index in [2.05, 4.69) is 10.3 Å². The predicted molar refractivity (Wildman–Crippen MR) is 101 cm³/mol. The maximum absolute atomic E-state index is 12.8. The number of imide groups is 1. The fourth-order valence-corrected chi connectivity index (χ4v) is 4.32. The molecule has 2 aliphatic rings. The molecule has 1 atom stereocenters. The highest BCUT2D eigenvalue weighted by Gasteiger charge is 2.41. The minimum absolute atomic E-state index is 0.161. The van der Waals surface area contributed by atoms with Gasteiger partial charge in [0.15, 0.2) is 0 Å². The van der Waals surface area contributed by atoms with Gasteiger partial charge in [-0.1, -0.05) is 12.1 Å². The highest BCUT2D eigenvalue weighted by atomic mass is 16.2. The number of hydrogen-bond acceptors (Lipinski definition) is 3. The van der Waals surface area contributed by atoms with Crippen molar-refractivity contribution in [1.82, 2.24) is 9.88 Å². The summed E-state index contributed by atoms with van der Waals surface area (Å²) in [6.07, 6.45) is 2.79. The van der Waals surface area contributed by atoms with Crippen molar-refractivity contribution in [2.75, 3.05) is 5.32 Å². The zero-order valence-electron chi connectivity index (χ0n) is 14.5. The number of amides is 3. The van der Waals surface area contributed by atoms with Crippen molar-refractivity contribution in [1.29, 1.82) is 0 Å². The molecule has 0 spiro atoms. The zero-order valence-corrected chi connectivity index (χ0v) is 14.5. The third kappa shape index (κ3) is 2.30. The topological polar surface area (TPSA) is 82.3 Å². The fourth-order valence-electron chi connectivity index (χ4n) is 4.32. The van der Waals surface area contributed by atoms with Crippen LogP contribution in [0.5, 0.6) is 0 Å². The normalized spacial score (nSPS) is 18.5. The standard InChI is InChI=1S/C21H17N3O3/c25-11-22-12-5-7-18-16(9-12)17-10-13(6-8-19(17)23-18)24-20(26)14-3-1-2-4-15(14)21(24)27/h1-5,7,9,11,13,23H,6,8,10H2,(H,22,25). The van der Waals surface area contributed by atoms with Crippen LogP contribution in [-0.4, -0.2) is 34.2 Å². The number of anilines is 1. The third-order valence-corrected chi connectivity index (χ3v) is 5.58. The minimum Gasteiger partial charge on any atom is -0.358 e. The van der Waals surface area contributed by atoms with E-state index >= 15 is 0 Å². The molecule has 0 bridgehead atoms. The number of carbonyl (C=O) groups is 3. The highest BCUT2D eigenvalue weighted by Crippen LogP contribution is 2.35. The van der Waals surface area contributed by atoms with E-state index in [4.69, 9.17) is 0 Å². The van der Waals surface area contributed by atoms with Crippen LogP contribution in [0.15, 0.2) is 42.5 Å². The summed E-state index contributed by atoms with van der Waals surface area (Å²) in [5.41, 5.74) is 4.96. The van der Waals surface area contributed by atoms with Crippen molar-refractivity contribution < 1.29 is 14.4 Å². The van der Waals surface area contributed by atoms with Gasteiger partial charge in [0.1, 0.15) is 0 Å². The molecule has 0 fully saturated rings. The van der Waals surface area contributed by atoms with Crippen LogP contribution in [0.1, 0.15) is 38.4 Å². The first kappa shape index (κ1) is 15.8. The molecule has 3 amide bonds. The van der Waals surface area contributed by atoms with Gasteiger partial charge in [-0.05, 0) is 55.2 Å². The molecule has 0 saturated heterocycles. The number of nitrogens with zero attached hydrogens (tertiary/aromatic N) is 1. The Labute approximate surface area is 155 Å². The maximum Gasteiger partial charge on any atom is 0.261 e. The Morgan fingerprint density at radius 3 is 2.52 bits per heavy atom. The second kappa shape index (κ2) is 5.81. The van der Waals surface area contributed by atoms with Crippen molar-refractivity contribution in [2.45, 2.75) is 25.3 Å². The Kier molecular flexibility index (Phi) is 3.40. The van der Waals surface area contributed by atoms with Gasteiger partial charge in [0.2, 0.25) is 6.41 Å². The summed E-state index contributed by atoms with van der Waals surface area (Å²) in [5, 5.41) is 3.70. The first-order valence-corrected chi connectivity index (χ1v) is 8.98. The summed E-state index contributed by atoms with van der Waals surface area (Å²) >= 11 is 0. The molecule has 134 valence electrons. The van der Waals surface area contributed by atoms with Crippen molar-refractivity contribution in [3.05, 3.63) is 64.8 Å². The van der Waals surface area contributed by atoms with Crippen LogP contribution in [0.25, 0.3) is 10.9 Å². The minimum atomic E-state index is -0.202. The van der Waals surface area contributed by atoms with E-state index in [1.54, 1.807) is 24.3 Å². The number of aryl methyl sites for hydroxylation is 1. The average Bonchev–Trinajstić information content (AvgIpc) is 3.17. The summed E-state index contributed by atoms with van der Waals surface area (Å²) in [6, 6.07) is 12.6. The summed E-state index contributed by atoms with van der Waals surface area (Å²) in [7, 11) is 0. The van der Waals surface area contributed by atoms with E-state index in [1.165, 1.54) is 4.90 Å². The van der Waals surface area contributed by atoms with Crippen LogP contribution in [0, 0.1) is 0 Å².